The van der Waals surface area contributed by atoms with E-state index in [-0.39, 0.29) is 18.0 Å². The number of nitrogens with zero attached hydrogens (tertiary/aromatic N) is 3. The second-order valence-electron chi connectivity index (χ2n) is 7.05. The van der Waals surface area contributed by atoms with Gasteiger partial charge in [-0.2, -0.15) is 4.31 Å². The molecule has 0 spiro atoms. The molecule has 1 aliphatic rings. The molecule has 1 fully saturated rings. The van der Waals surface area contributed by atoms with Gasteiger partial charge in [0.05, 0.1) is 24.8 Å². The van der Waals surface area contributed by atoms with E-state index in [9.17, 15) is 17.2 Å². The number of methoxy groups -OCH3 is 2. The van der Waals surface area contributed by atoms with Gasteiger partial charge >= 0.3 is 0 Å². The van der Waals surface area contributed by atoms with Crippen molar-refractivity contribution in [3.8, 4) is 22.8 Å². The number of piperazine rings is 1. The summed E-state index contributed by atoms with van der Waals surface area (Å²) in [6, 6.07) is 8.18. The van der Waals surface area contributed by atoms with Crippen molar-refractivity contribution in [2.75, 3.05) is 45.3 Å². The zero-order chi connectivity index (χ0) is 22.9. The smallest absolute Gasteiger partial charge is 0.243 e. The van der Waals surface area contributed by atoms with Gasteiger partial charge in [0.15, 0.2) is 28.3 Å². The minimum Gasteiger partial charge on any atom is -0.493 e. The summed E-state index contributed by atoms with van der Waals surface area (Å²) in [6.45, 7) is 1.49. The third kappa shape index (κ3) is 4.27. The van der Waals surface area contributed by atoms with Gasteiger partial charge in [0, 0.05) is 43.2 Å². The topological polar surface area (TPSA) is 72.0 Å². The molecule has 7 nitrogen and oxygen atoms in total. The van der Waals surface area contributed by atoms with E-state index >= 15 is 0 Å². The van der Waals surface area contributed by atoms with Gasteiger partial charge in [-0.15, -0.1) is 11.3 Å². The molecule has 170 valence electrons. The van der Waals surface area contributed by atoms with E-state index < -0.39 is 21.7 Å². The van der Waals surface area contributed by atoms with E-state index in [0.717, 1.165) is 12.1 Å². The predicted molar refractivity (Wildman–Crippen MR) is 118 cm³/mol. The third-order valence-electron chi connectivity index (χ3n) is 5.21. The van der Waals surface area contributed by atoms with Gasteiger partial charge in [0.1, 0.15) is 0 Å². The summed E-state index contributed by atoms with van der Waals surface area (Å²) in [5.74, 6) is -1.03. The van der Waals surface area contributed by atoms with E-state index in [2.05, 4.69) is 4.98 Å². The number of ether oxygens (including phenoxy) is 2. The van der Waals surface area contributed by atoms with Crippen LogP contribution in [0, 0.1) is 11.6 Å². The van der Waals surface area contributed by atoms with Crippen LogP contribution in [0.5, 0.6) is 11.5 Å². The zero-order valence-electron chi connectivity index (χ0n) is 17.4. The summed E-state index contributed by atoms with van der Waals surface area (Å²) < 4.78 is 64.7. The molecular weight excluding hydrogens is 460 g/mol. The SMILES string of the molecule is COc1ccc(S(=O)(=O)N2CCN(c3nc(-c4ccc(F)c(F)c4)cs3)CC2)cc1OC. The lowest BCUT2D eigenvalue weighted by atomic mass is 10.2. The number of thiazole rings is 1. The van der Waals surface area contributed by atoms with Crippen LogP contribution in [-0.2, 0) is 10.0 Å². The van der Waals surface area contributed by atoms with Gasteiger partial charge < -0.3 is 14.4 Å². The van der Waals surface area contributed by atoms with Gasteiger partial charge in [-0.25, -0.2) is 22.2 Å². The number of hydrogen-bond acceptors (Lipinski definition) is 7. The van der Waals surface area contributed by atoms with E-state index in [0.29, 0.717) is 41.0 Å². The second kappa shape index (κ2) is 9.00. The number of rotatable bonds is 6. The van der Waals surface area contributed by atoms with Crippen molar-refractivity contribution < 1.29 is 26.7 Å². The average molecular weight is 482 g/mol. The normalized spacial score (nSPS) is 15.1. The molecule has 2 heterocycles. The van der Waals surface area contributed by atoms with Crippen LogP contribution in [0.25, 0.3) is 11.3 Å². The van der Waals surface area contributed by atoms with E-state index in [1.54, 1.807) is 11.4 Å². The molecule has 0 N–H and O–H groups in total. The van der Waals surface area contributed by atoms with Crippen LogP contribution in [0.2, 0.25) is 0 Å². The summed E-state index contributed by atoms with van der Waals surface area (Å²) in [4.78, 5) is 6.64. The first kappa shape index (κ1) is 22.4. The molecule has 3 aromatic rings. The fraction of sp³-hybridized carbons (Fsp3) is 0.286. The van der Waals surface area contributed by atoms with Gasteiger partial charge in [-0.3, -0.25) is 0 Å². The van der Waals surface area contributed by atoms with Crippen LogP contribution >= 0.6 is 11.3 Å². The fourth-order valence-corrected chi connectivity index (χ4v) is 5.77. The molecular formula is C21H21F2N3O4S2. The Bertz CT molecular complexity index is 1230. The molecule has 2 aromatic carbocycles. The monoisotopic (exact) mass is 481 g/mol. The number of benzene rings is 2. The molecule has 0 radical (unpaired) electrons. The van der Waals surface area contributed by atoms with Gasteiger partial charge in [0.2, 0.25) is 10.0 Å². The summed E-state index contributed by atoms with van der Waals surface area (Å²) in [5.41, 5.74) is 1.03. The van der Waals surface area contributed by atoms with E-state index in [4.69, 9.17) is 9.47 Å². The number of hydrogen-bond donors (Lipinski definition) is 0. The van der Waals surface area contributed by atoms with Crippen molar-refractivity contribution in [3.63, 3.8) is 0 Å². The molecule has 0 bridgehead atoms. The summed E-state index contributed by atoms with van der Waals surface area (Å²) in [7, 11) is -0.753. The molecule has 1 aromatic heterocycles. The highest BCUT2D eigenvalue weighted by molar-refractivity contribution is 7.89. The fourth-order valence-electron chi connectivity index (χ4n) is 3.44. The molecule has 1 saturated heterocycles. The molecule has 0 aliphatic carbocycles. The Balaban J connectivity index is 1.46. The molecule has 32 heavy (non-hydrogen) atoms. The number of anilines is 1. The Morgan fingerprint density at radius 2 is 1.66 bits per heavy atom. The van der Waals surface area contributed by atoms with Crippen LogP contribution in [0.1, 0.15) is 0 Å². The molecule has 11 heteroatoms. The van der Waals surface area contributed by atoms with Crippen molar-refractivity contribution in [1.29, 1.82) is 0 Å². The highest BCUT2D eigenvalue weighted by atomic mass is 32.2. The average Bonchev–Trinajstić information content (AvgIpc) is 3.30. The molecule has 0 saturated carbocycles. The lowest BCUT2D eigenvalue weighted by molar-refractivity contribution is 0.353. The lowest BCUT2D eigenvalue weighted by Crippen LogP contribution is -2.48. The highest BCUT2D eigenvalue weighted by Crippen LogP contribution is 2.32. The Morgan fingerprint density at radius 3 is 2.31 bits per heavy atom. The summed E-state index contributed by atoms with van der Waals surface area (Å²) >= 11 is 1.38. The number of halogens is 2. The molecule has 0 amide bonds. The van der Waals surface area contributed by atoms with Crippen LogP contribution in [-0.4, -0.2) is 58.1 Å². The zero-order valence-corrected chi connectivity index (χ0v) is 19.0. The molecule has 0 atom stereocenters. The summed E-state index contributed by atoms with van der Waals surface area (Å²) in [6.07, 6.45) is 0. The van der Waals surface area contributed by atoms with E-state index in [1.165, 1.54) is 48.1 Å². The first-order valence-corrected chi connectivity index (χ1v) is 12.0. The molecule has 0 unspecified atom stereocenters. The van der Waals surface area contributed by atoms with Crippen molar-refractivity contribution in [2.45, 2.75) is 4.90 Å². The maximum Gasteiger partial charge on any atom is 0.243 e. The molecule has 4 rings (SSSR count). The molecule has 1 aliphatic heterocycles. The van der Waals surface area contributed by atoms with Crippen molar-refractivity contribution in [2.24, 2.45) is 0 Å². The Morgan fingerprint density at radius 1 is 0.938 bits per heavy atom. The summed E-state index contributed by atoms with van der Waals surface area (Å²) in [5, 5.41) is 2.47. The highest BCUT2D eigenvalue weighted by Gasteiger charge is 2.30. The first-order chi connectivity index (χ1) is 15.3. The standard InChI is InChI=1S/C21H21F2N3O4S2/c1-29-19-6-4-15(12-20(19)30-2)32(27,28)26-9-7-25(8-10-26)21-24-18(13-31-21)14-3-5-16(22)17(23)11-14/h3-6,11-13H,7-10H2,1-2H3. The van der Waals surface area contributed by atoms with Gasteiger partial charge in [-0.1, -0.05) is 0 Å². The van der Waals surface area contributed by atoms with Crippen molar-refractivity contribution in [3.05, 3.63) is 53.4 Å². The van der Waals surface area contributed by atoms with Crippen LogP contribution < -0.4 is 14.4 Å². The predicted octanol–water partition coefficient (Wildman–Crippen LogP) is 3.62. The number of sulfonamides is 1. The third-order valence-corrected chi connectivity index (χ3v) is 8.01. The quantitative estimate of drug-likeness (QED) is 0.536. The lowest BCUT2D eigenvalue weighted by Gasteiger charge is -2.33. The van der Waals surface area contributed by atoms with Crippen LogP contribution in [0.4, 0.5) is 13.9 Å². The Labute approximate surface area is 188 Å². The van der Waals surface area contributed by atoms with Gasteiger partial charge in [-0.05, 0) is 30.3 Å². The van der Waals surface area contributed by atoms with Crippen LogP contribution in [0.15, 0.2) is 46.7 Å². The minimum absolute atomic E-state index is 0.137. The van der Waals surface area contributed by atoms with Crippen LogP contribution in [0.3, 0.4) is 0 Å². The van der Waals surface area contributed by atoms with E-state index in [1.807, 2.05) is 4.90 Å². The second-order valence-corrected chi connectivity index (χ2v) is 9.83. The largest absolute Gasteiger partial charge is 0.493 e. The first-order valence-electron chi connectivity index (χ1n) is 9.71. The van der Waals surface area contributed by atoms with Gasteiger partial charge in [0.25, 0.3) is 0 Å². The maximum absolute atomic E-state index is 13.5. The Hall–Kier alpha value is -2.76. The Kier molecular flexibility index (Phi) is 6.31. The number of aromatic nitrogens is 1. The maximum atomic E-state index is 13.5. The minimum atomic E-state index is -3.69. The van der Waals surface area contributed by atoms with Crippen molar-refractivity contribution in [1.82, 2.24) is 9.29 Å². The van der Waals surface area contributed by atoms with Crippen molar-refractivity contribution >= 4 is 26.5 Å².